The van der Waals surface area contributed by atoms with Crippen LogP contribution in [0.25, 0.3) is 11.1 Å². The summed E-state index contributed by atoms with van der Waals surface area (Å²) in [5, 5.41) is 9.11. The van der Waals surface area contributed by atoms with Gasteiger partial charge in [0.1, 0.15) is 5.75 Å². The van der Waals surface area contributed by atoms with Crippen LogP contribution in [0, 0.1) is 6.92 Å². The Labute approximate surface area is 169 Å². The highest BCUT2D eigenvalue weighted by Gasteiger charge is 2.16. The lowest BCUT2D eigenvalue weighted by Gasteiger charge is -2.25. The average molecular weight is 384 g/mol. The van der Waals surface area contributed by atoms with Crippen molar-refractivity contribution in [2.75, 3.05) is 19.0 Å². The molecule has 0 heterocycles. The number of hydrogen-bond acceptors (Lipinski definition) is 3. The molecule has 1 atom stereocenters. The number of unbranched alkanes of at least 4 members (excludes halogenated alkanes) is 3. The number of anilines is 1. The van der Waals surface area contributed by atoms with Crippen LogP contribution >= 0.6 is 0 Å². The van der Waals surface area contributed by atoms with Crippen LogP contribution in [0.15, 0.2) is 36.4 Å². The summed E-state index contributed by atoms with van der Waals surface area (Å²) in [5.41, 5.74) is 4.59. The summed E-state index contributed by atoms with van der Waals surface area (Å²) in [5.74, 6) is -0.00896. The van der Waals surface area contributed by atoms with Gasteiger partial charge in [-0.15, -0.1) is 0 Å². The maximum Gasteiger partial charge on any atom is 0.335 e. The highest BCUT2D eigenvalue weighted by Crippen LogP contribution is 2.38. The molecule has 2 aromatic rings. The third kappa shape index (κ3) is 5.51. The Morgan fingerprint density at radius 2 is 1.75 bits per heavy atom. The molecule has 28 heavy (non-hydrogen) atoms. The largest absolute Gasteiger partial charge is 0.489 e. The van der Waals surface area contributed by atoms with Gasteiger partial charge in [-0.25, -0.2) is 4.79 Å². The zero-order valence-electron chi connectivity index (χ0n) is 17.8. The van der Waals surface area contributed by atoms with Crippen LogP contribution in [0.4, 0.5) is 5.69 Å². The van der Waals surface area contributed by atoms with Gasteiger partial charge >= 0.3 is 5.97 Å². The van der Waals surface area contributed by atoms with Crippen molar-refractivity contribution in [2.45, 2.75) is 59.0 Å². The minimum absolute atomic E-state index is 0.177. The molecular formula is C24H33NO3. The summed E-state index contributed by atoms with van der Waals surface area (Å²) >= 11 is 0. The highest BCUT2D eigenvalue weighted by molar-refractivity contribution is 5.88. The zero-order valence-corrected chi connectivity index (χ0v) is 17.8. The van der Waals surface area contributed by atoms with Crippen molar-refractivity contribution in [3.63, 3.8) is 0 Å². The van der Waals surface area contributed by atoms with E-state index in [2.05, 4.69) is 31.7 Å². The van der Waals surface area contributed by atoms with E-state index in [1.807, 2.05) is 32.3 Å². The SMILES string of the molecule is CCCCCC[C@@H](C)Oc1ccc(-c2ccc(C(=O)O)cc2)c(C)c1N(C)C. The normalized spacial score (nSPS) is 11.9. The molecule has 2 rings (SSSR count). The number of rotatable bonds is 10. The predicted octanol–water partition coefficient (Wildman–Crippen LogP) is 6.16. The van der Waals surface area contributed by atoms with Crippen LogP contribution in [0.5, 0.6) is 5.75 Å². The molecule has 0 aliphatic rings. The fourth-order valence-corrected chi connectivity index (χ4v) is 3.57. The first-order chi connectivity index (χ1) is 13.3. The van der Waals surface area contributed by atoms with Crippen molar-refractivity contribution in [1.29, 1.82) is 0 Å². The summed E-state index contributed by atoms with van der Waals surface area (Å²) in [6.07, 6.45) is 6.22. The number of hydrogen-bond donors (Lipinski definition) is 1. The second kappa shape index (κ2) is 10.2. The summed E-state index contributed by atoms with van der Waals surface area (Å²) < 4.78 is 6.29. The Bertz CT molecular complexity index is 781. The van der Waals surface area contributed by atoms with E-state index < -0.39 is 5.97 Å². The molecule has 0 bridgehead atoms. The van der Waals surface area contributed by atoms with Gasteiger partial charge < -0.3 is 14.7 Å². The predicted molar refractivity (Wildman–Crippen MR) is 117 cm³/mol. The monoisotopic (exact) mass is 383 g/mol. The van der Waals surface area contributed by atoms with Gasteiger partial charge in [0.25, 0.3) is 0 Å². The quantitative estimate of drug-likeness (QED) is 0.499. The second-order valence-electron chi connectivity index (χ2n) is 7.64. The first-order valence-electron chi connectivity index (χ1n) is 10.2. The van der Waals surface area contributed by atoms with Crippen molar-refractivity contribution in [2.24, 2.45) is 0 Å². The van der Waals surface area contributed by atoms with E-state index in [0.717, 1.165) is 34.5 Å². The van der Waals surface area contributed by atoms with Gasteiger partial charge in [-0.2, -0.15) is 0 Å². The maximum atomic E-state index is 11.1. The van der Waals surface area contributed by atoms with Gasteiger partial charge in [-0.1, -0.05) is 44.4 Å². The molecule has 0 radical (unpaired) electrons. The number of nitrogens with zero attached hydrogens (tertiary/aromatic N) is 1. The first-order valence-corrected chi connectivity index (χ1v) is 10.2. The Kier molecular flexibility index (Phi) is 7.91. The summed E-state index contributed by atoms with van der Waals surface area (Å²) in [6.45, 7) is 6.45. The van der Waals surface area contributed by atoms with Gasteiger partial charge in [-0.05, 0) is 61.6 Å². The number of carboxylic acid groups (broad SMARTS) is 1. The standard InChI is InChI=1S/C24H33NO3/c1-6-7-8-9-10-17(2)28-22-16-15-21(18(3)23(22)25(4)5)19-11-13-20(14-12-19)24(26)27/h11-17H,6-10H2,1-5H3,(H,26,27)/t17-/m1/s1. The molecule has 0 spiro atoms. The van der Waals surface area contributed by atoms with Crippen molar-refractivity contribution >= 4 is 11.7 Å². The summed E-state index contributed by atoms with van der Waals surface area (Å²) in [4.78, 5) is 13.2. The van der Waals surface area contributed by atoms with Crippen molar-refractivity contribution in [3.8, 4) is 16.9 Å². The van der Waals surface area contributed by atoms with Crippen LogP contribution in [-0.2, 0) is 0 Å². The molecule has 0 saturated carbocycles. The average Bonchev–Trinajstić information content (AvgIpc) is 2.65. The maximum absolute atomic E-state index is 11.1. The summed E-state index contributed by atoms with van der Waals surface area (Å²) in [6, 6.07) is 11.1. The third-order valence-corrected chi connectivity index (χ3v) is 5.08. The van der Waals surface area contributed by atoms with Crippen LogP contribution in [0.3, 0.4) is 0 Å². The van der Waals surface area contributed by atoms with E-state index >= 15 is 0 Å². The van der Waals surface area contributed by atoms with Crippen molar-refractivity contribution < 1.29 is 14.6 Å². The molecule has 0 unspecified atom stereocenters. The van der Waals surface area contributed by atoms with Gasteiger partial charge in [-0.3, -0.25) is 0 Å². The lowest BCUT2D eigenvalue weighted by Crippen LogP contribution is -2.17. The lowest BCUT2D eigenvalue weighted by molar-refractivity contribution is 0.0697. The van der Waals surface area contributed by atoms with E-state index in [4.69, 9.17) is 9.84 Å². The number of carbonyl (C=O) groups is 1. The second-order valence-corrected chi connectivity index (χ2v) is 7.64. The van der Waals surface area contributed by atoms with Gasteiger partial charge in [0.05, 0.1) is 17.4 Å². The molecule has 0 aliphatic carbocycles. The molecule has 0 fully saturated rings. The smallest absolute Gasteiger partial charge is 0.335 e. The van der Waals surface area contributed by atoms with Crippen molar-refractivity contribution in [3.05, 3.63) is 47.5 Å². The van der Waals surface area contributed by atoms with Crippen LogP contribution in [0.1, 0.15) is 61.9 Å². The van der Waals surface area contributed by atoms with Crippen molar-refractivity contribution in [1.82, 2.24) is 0 Å². The molecule has 0 aromatic heterocycles. The first kappa shape index (κ1) is 21.8. The molecule has 152 valence electrons. The molecule has 2 aromatic carbocycles. The number of aromatic carboxylic acids is 1. The van der Waals surface area contributed by atoms with Gasteiger partial charge in [0, 0.05) is 14.1 Å². The van der Waals surface area contributed by atoms with Gasteiger partial charge in [0.2, 0.25) is 0 Å². The topological polar surface area (TPSA) is 49.8 Å². The third-order valence-electron chi connectivity index (χ3n) is 5.08. The summed E-state index contributed by atoms with van der Waals surface area (Å²) in [7, 11) is 4.05. The zero-order chi connectivity index (χ0) is 20.7. The fourth-order valence-electron chi connectivity index (χ4n) is 3.57. The van der Waals surface area contributed by atoms with Crippen LogP contribution < -0.4 is 9.64 Å². The van der Waals surface area contributed by atoms with E-state index in [1.165, 1.54) is 25.7 Å². The van der Waals surface area contributed by atoms with E-state index in [0.29, 0.717) is 5.56 Å². The Hall–Kier alpha value is -2.49. The molecule has 0 aliphatic heterocycles. The van der Waals surface area contributed by atoms with E-state index in [1.54, 1.807) is 12.1 Å². The number of benzene rings is 2. The molecule has 1 N–H and O–H groups in total. The van der Waals surface area contributed by atoms with E-state index in [-0.39, 0.29) is 6.10 Å². The molecule has 0 amide bonds. The van der Waals surface area contributed by atoms with E-state index in [9.17, 15) is 4.79 Å². The minimum atomic E-state index is -0.908. The molecule has 0 saturated heterocycles. The lowest BCUT2D eigenvalue weighted by atomic mass is 9.97. The fraction of sp³-hybridized carbons (Fsp3) is 0.458. The Balaban J connectivity index is 2.25. The van der Waals surface area contributed by atoms with Crippen LogP contribution in [-0.4, -0.2) is 31.3 Å². The number of ether oxygens (including phenoxy) is 1. The highest BCUT2D eigenvalue weighted by atomic mass is 16.5. The molecule has 4 nitrogen and oxygen atoms in total. The Morgan fingerprint density at radius 1 is 1.07 bits per heavy atom. The molecule has 4 heteroatoms. The Morgan fingerprint density at radius 3 is 2.32 bits per heavy atom. The molecular weight excluding hydrogens is 350 g/mol. The van der Waals surface area contributed by atoms with Crippen LogP contribution in [0.2, 0.25) is 0 Å². The van der Waals surface area contributed by atoms with Gasteiger partial charge in [0.15, 0.2) is 0 Å². The minimum Gasteiger partial charge on any atom is -0.489 e. The number of carboxylic acids is 1.